The number of nitrogens with zero attached hydrogens (tertiary/aromatic N) is 9. The standard InChI is InChI=1S/C21H25N11O2/c1-29-4-6-30(7-5-29)10-15-11-31(12-22-15)19-26-17-13(8-16-18(33)27-21(34)25-16)9-23-32(17)20(28-19)24-14-2-3-14/h8-9,11-12,14,33H,2-7,10H2,1H3,(H2,25,27,34)/b13-8-,24-20?. The van der Waals surface area contributed by atoms with Crippen LogP contribution in [0.15, 0.2) is 28.5 Å². The molecule has 13 nitrogen and oxygen atoms in total. The number of imidazole rings is 2. The normalized spacial score (nSPS) is 19.0. The van der Waals surface area contributed by atoms with E-state index in [1.165, 1.54) is 0 Å². The number of fused-ring (bicyclic) bond motifs is 1. The van der Waals surface area contributed by atoms with Gasteiger partial charge in [0.15, 0.2) is 5.65 Å². The average molecular weight is 464 g/mol. The van der Waals surface area contributed by atoms with Gasteiger partial charge < -0.3 is 15.0 Å². The van der Waals surface area contributed by atoms with E-state index in [1.54, 1.807) is 27.7 Å². The van der Waals surface area contributed by atoms with Crippen LogP contribution in [0.3, 0.4) is 0 Å². The van der Waals surface area contributed by atoms with Crippen LogP contribution in [0.4, 0.5) is 0 Å². The minimum absolute atomic E-state index is 0.239. The van der Waals surface area contributed by atoms with Crippen molar-refractivity contribution in [2.24, 2.45) is 4.99 Å². The maximum Gasteiger partial charge on any atom is 0.326 e. The van der Waals surface area contributed by atoms with Crippen molar-refractivity contribution in [1.29, 1.82) is 0 Å². The molecular formula is C21H25N11O2. The van der Waals surface area contributed by atoms with Crippen LogP contribution in [0.1, 0.15) is 24.2 Å². The molecule has 5 heterocycles. The maximum atomic E-state index is 11.5. The summed E-state index contributed by atoms with van der Waals surface area (Å²) < 4.78 is 3.38. The van der Waals surface area contributed by atoms with Gasteiger partial charge in [-0.15, -0.1) is 0 Å². The molecule has 3 N–H and O–H groups in total. The van der Waals surface area contributed by atoms with Crippen molar-refractivity contribution in [1.82, 2.24) is 48.9 Å². The summed E-state index contributed by atoms with van der Waals surface area (Å²) in [6, 6.07) is 0.239. The van der Waals surface area contributed by atoms with E-state index in [-0.39, 0.29) is 17.6 Å². The van der Waals surface area contributed by atoms with Crippen LogP contribution in [0.25, 0.3) is 17.7 Å². The van der Waals surface area contributed by atoms with Gasteiger partial charge in [-0.05, 0) is 26.0 Å². The molecule has 0 amide bonds. The Hall–Kier alpha value is -3.84. The number of aromatic amines is 2. The Bertz CT molecular complexity index is 1520. The van der Waals surface area contributed by atoms with Gasteiger partial charge >= 0.3 is 5.69 Å². The van der Waals surface area contributed by atoms with E-state index in [0.29, 0.717) is 22.4 Å². The van der Waals surface area contributed by atoms with Crippen LogP contribution < -0.4 is 16.5 Å². The Morgan fingerprint density at radius 3 is 2.76 bits per heavy atom. The fraction of sp³-hybridized carbons (Fsp3) is 0.429. The minimum Gasteiger partial charge on any atom is -0.493 e. The van der Waals surface area contributed by atoms with Gasteiger partial charge in [-0.3, -0.25) is 14.5 Å². The van der Waals surface area contributed by atoms with Crippen LogP contribution in [0.2, 0.25) is 0 Å². The Labute approximate surface area is 193 Å². The van der Waals surface area contributed by atoms with Crippen LogP contribution in [-0.2, 0) is 6.54 Å². The second kappa shape index (κ2) is 8.18. The third-order valence-corrected chi connectivity index (χ3v) is 6.09. The Morgan fingerprint density at radius 1 is 1.21 bits per heavy atom. The number of nitrogens with one attached hydrogen (secondary N) is 2. The van der Waals surface area contributed by atoms with E-state index >= 15 is 0 Å². The van der Waals surface area contributed by atoms with E-state index in [1.807, 2.05) is 6.20 Å². The summed E-state index contributed by atoms with van der Waals surface area (Å²) in [5.41, 5.74) is 1.68. The molecule has 0 unspecified atom stereocenters. The molecule has 1 aliphatic carbocycles. The van der Waals surface area contributed by atoms with Gasteiger partial charge in [-0.25, -0.2) is 14.8 Å². The highest BCUT2D eigenvalue weighted by Crippen LogP contribution is 2.22. The van der Waals surface area contributed by atoms with Gasteiger partial charge in [0.1, 0.15) is 12.0 Å². The van der Waals surface area contributed by atoms with Gasteiger partial charge in [-0.1, -0.05) is 0 Å². The zero-order valence-electron chi connectivity index (χ0n) is 18.7. The molecule has 34 heavy (non-hydrogen) atoms. The largest absolute Gasteiger partial charge is 0.493 e. The SMILES string of the molecule is CN1CCN(Cc2cn(-c3nc(=NC4CC4)n4nc/c(=C/c5[nH]c(=O)[nH]c5O)c4n3)cn2)CC1. The molecule has 4 aromatic heterocycles. The quantitative estimate of drug-likeness (QED) is 0.320. The van der Waals surface area contributed by atoms with Crippen molar-refractivity contribution in [2.45, 2.75) is 25.4 Å². The molecule has 6 rings (SSSR count). The Kier molecular flexibility index (Phi) is 4.99. The van der Waals surface area contributed by atoms with Crippen molar-refractivity contribution in [3.63, 3.8) is 0 Å². The third-order valence-electron chi connectivity index (χ3n) is 6.09. The molecule has 2 fully saturated rings. The molecule has 0 bridgehead atoms. The van der Waals surface area contributed by atoms with Gasteiger partial charge in [-0.2, -0.15) is 19.6 Å². The molecule has 0 radical (unpaired) electrons. The monoisotopic (exact) mass is 463 g/mol. The van der Waals surface area contributed by atoms with E-state index in [0.717, 1.165) is 51.3 Å². The second-order valence-corrected chi connectivity index (χ2v) is 8.86. The van der Waals surface area contributed by atoms with Crippen LogP contribution in [0, 0.1) is 0 Å². The van der Waals surface area contributed by atoms with Crippen molar-refractivity contribution < 1.29 is 5.11 Å². The summed E-state index contributed by atoms with van der Waals surface area (Å²) in [7, 11) is 2.14. The zero-order valence-corrected chi connectivity index (χ0v) is 18.7. The number of aromatic nitrogens is 8. The smallest absolute Gasteiger partial charge is 0.326 e. The lowest BCUT2D eigenvalue weighted by atomic mass is 10.3. The minimum atomic E-state index is -0.494. The predicted molar refractivity (Wildman–Crippen MR) is 121 cm³/mol. The van der Waals surface area contributed by atoms with Crippen LogP contribution in [-0.4, -0.2) is 93.3 Å². The second-order valence-electron chi connectivity index (χ2n) is 8.86. The number of aromatic hydroxyl groups is 1. The molecule has 4 aromatic rings. The number of hydrogen-bond donors (Lipinski definition) is 3. The predicted octanol–water partition coefficient (Wildman–Crippen LogP) is -1.61. The molecule has 0 spiro atoms. The Balaban J connectivity index is 1.40. The van der Waals surface area contributed by atoms with Crippen molar-refractivity contribution in [3.05, 3.63) is 51.4 Å². The first-order valence-corrected chi connectivity index (χ1v) is 11.3. The first kappa shape index (κ1) is 20.7. The number of hydrogen-bond acceptors (Lipinski definition) is 9. The summed E-state index contributed by atoms with van der Waals surface area (Å²) in [5.74, 6) is 0.190. The summed E-state index contributed by atoms with van der Waals surface area (Å²) in [6.07, 6.45) is 8.93. The molecule has 176 valence electrons. The number of piperazine rings is 1. The highest BCUT2D eigenvalue weighted by atomic mass is 16.3. The molecular weight excluding hydrogens is 438 g/mol. The first-order chi connectivity index (χ1) is 16.5. The zero-order chi connectivity index (χ0) is 23.2. The molecule has 0 atom stereocenters. The van der Waals surface area contributed by atoms with Crippen LogP contribution in [0.5, 0.6) is 5.88 Å². The van der Waals surface area contributed by atoms with Crippen molar-refractivity contribution in [3.8, 4) is 11.8 Å². The molecule has 13 heteroatoms. The summed E-state index contributed by atoms with van der Waals surface area (Å²) in [4.78, 5) is 39.7. The molecule has 1 aliphatic heterocycles. The van der Waals surface area contributed by atoms with E-state index < -0.39 is 5.69 Å². The molecule has 1 saturated heterocycles. The number of H-pyrrole nitrogens is 2. The Morgan fingerprint density at radius 2 is 2.03 bits per heavy atom. The van der Waals surface area contributed by atoms with E-state index in [4.69, 9.17) is 9.98 Å². The average Bonchev–Trinajstić information content (AvgIpc) is 3.20. The van der Waals surface area contributed by atoms with Crippen molar-refractivity contribution >= 4 is 11.7 Å². The number of rotatable bonds is 5. The van der Waals surface area contributed by atoms with Gasteiger partial charge in [0, 0.05) is 44.1 Å². The molecule has 0 aromatic carbocycles. The lowest BCUT2D eigenvalue weighted by Gasteiger charge is -2.31. The third kappa shape index (κ3) is 4.10. The maximum absolute atomic E-state index is 11.5. The fourth-order valence-corrected chi connectivity index (χ4v) is 3.97. The first-order valence-electron chi connectivity index (χ1n) is 11.3. The fourth-order valence-electron chi connectivity index (χ4n) is 3.97. The lowest BCUT2D eigenvalue weighted by Crippen LogP contribution is -2.43. The van der Waals surface area contributed by atoms with Gasteiger partial charge in [0.25, 0.3) is 5.62 Å². The van der Waals surface area contributed by atoms with E-state index in [9.17, 15) is 9.90 Å². The molecule has 2 aliphatic rings. The van der Waals surface area contributed by atoms with Crippen LogP contribution >= 0.6 is 0 Å². The highest BCUT2D eigenvalue weighted by Gasteiger charge is 2.21. The van der Waals surface area contributed by atoms with Gasteiger partial charge in [0.2, 0.25) is 11.8 Å². The number of likely N-dealkylation sites (N-methyl/N-ethyl adjacent to an activating group) is 1. The van der Waals surface area contributed by atoms with E-state index in [2.05, 4.69) is 41.9 Å². The summed E-state index contributed by atoms with van der Waals surface area (Å²) in [6.45, 7) is 4.90. The van der Waals surface area contributed by atoms with Gasteiger partial charge in [0.05, 0.1) is 17.9 Å². The van der Waals surface area contributed by atoms with Crippen molar-refractivity contribution in [2.75, 3.05) is 33.2 Å². The highest BCUT2D eigenvalue weighted by molar-refractivity contribution is 5.56. The topological polar surface area (TPSA) is 149 Å². The summed E-state index contributed by atoms with van der Waals surface area (Å²) in [5, 5.41) is 15.0. The molecule has 1 saturated carbocycles. The lowest BCUT2D eigenvalue weighted by molar-refractivity contribution is 0.147. The summed E-state index contributed by atoms with van der Waals surface area (Å²) >= 11 is 0.